The molecule has 1 amide bonds. The molecule has 0 aliphatic rings. The molecule has 1 aromatic carbocycles. The van der Waals surface area contributed by atoms with Crippen LogP contribution in [0.3, 0.4) is 0 Å². The molecule has 0 radical (unpaired) electrons. The van der Waals surface area contributed by atoms with Gasteiger partial charge >= 0.3 is 0 Å². The topological polar surface area (TPSA) is 51.0 Å². The first kappa shape index (κ1) is 15.7. The number of nitrogens with zero attached hydrogens (tertiary/aromatic N) is 4. The molecule has 0 unspecified atom stereocenters. The average Bonchev–Trinajstić information content (AvgIpc) is 3.17. The Bertz CT molecular complexity index is 823. The Hall–Kier alpha value is -2.21. The maximum Gasteiger partial charge on any atom is 0.245 e. The third-order valence-corrected chi connectivity index (χ3v) is 4.93. The first-order valence-electron chi connectivity index (χ1n) is 7.64. The van der Waals surface area contributed by atoms with Gasteiger partial charge in [0.25, 0.3) is 0 Å². The summed E-state index contributed by atoms with van der Waals surface area (Å²) in [6, 6.07) is 7.59. The summed E-state index contributed by atoms with van der Waals surface area (Å²) in [5, 5.41) is 1.07. The van der Waals surface area contributed by atoms with Crippen LogP contribution >= 0.6 is 11.3 Å². The number of thiazole rings is 1. The van der Waals surface area contributed by atoms with Gasteiger partial charge in [0.05, 0.1) is 22.4 Å². The zero-order chi connectivity index (χ0) is 16.4. The lowest BCUT2D eigenvalue weighted by molar-refractivity contribution is -0.132. The fourth-order valence-electron chi connectivity index (χ4n) is 2.62. The lowest BCUT2D eigenvalue weighted by Gasteiger charge is -2.22. The molecule has 0 aliphatic carbocycles. The number of aromatic nitrogens is 3. The molecule has 0 N–H and O–H groups in total. The Morgan fingerprint density at radius 1 is 1.35 bits per heavy atom. The van der Waals surface area contributed by atoms with Gasteiger partial charge in [0.1, 0.15) is 6.04 Å². The van der Waals surface area contributed by atoms with Crippen LogP contribution in [0.15, 0.2) is 36.8 Å². The normalized spacial score (nSPS) is 12.5. The molecule has 0 saturated carbocycles. The van der Waals surface area contributed by atoms with Crippen LogP contribution in [-0.2, 0) is 11.2 Å². The second kappa shape index (κ2) is 6.50. The van der Waals surface area contributed by atoms with E-state index >= 15 is 0 Å². The van der Waals surface area contributed by atoms with Gasteiger partial charge in [-0.15, -0.1) is 11.3 Å². The number of aryl methyl sites for hydroxylation is 1. The minimum atomic E-state index is -0.273. The van der Waals surface area contributed by atoms with Crippen LogP contribution in [0.1, 0.15) is 22.9 Å². The second-order valence-corrected chi connectivity index (χ2v) is 7.01. The number of hydrogen-bond acceptors (Lipinski definition) is 4. The standard InChI is InChI=1S/C17H20N4OS/c1-12-10-18-16(23-12)8-9-20(3)17(22)13(2)21-11-19-14-6-4-5-7-15(14)21/h4-7,10-11,13H,8-9H2,1-3H3/t13-/m1/s1. The maximum absolute atomic E-state index is 12.7. The number of rotatable bonds is 5. The van der Waals surface area contributed by atoms with Crippen molar-refractivity contribution in [3.63, 3.8) is 0 Å². The zero-order valence-corrected chi connectivity index (χ0v) is 14.4. The largest absolute Gasteiger partial charge is 0.344 e. The van der Waals surface area contributed by atoms with E-state index in [0.717, 1.165) is 22.5 Å². The van der Waals surface area contributed by atoms with E-state index in [9.17, 15) is 4.79 Å². The number of amides is 1. The van der Waals surface area contributed by atoms with Gasteiger partial charge in [-0.3, -0.25) is 4.79 Å². The van der Waals surface area contributed by atoms with Crippen molar-refractivity contribution in [2.75, 3.05) is 13.6 Å². The summed E-state index contributed by atoms with van der Waals surface area (Å²) >= 11 is 1.69. The molecule has 2 aromatic heterocycles. The second-order valence-electron chi connectivity index (χ2n) is 5.69. The Morgan fingerprint density at radius 3 is 2.87 bits per heavy atom. The van der Waals surface area contributed by atoms with Crippen LogP contribution in [0, 0.1) is 6.92 Å². The first-order chi connectivity index (χ1) is 11.1. The van der Waals surface area contributed by atoms with Gasteiger partial charge in [0.15, 0.2) is 0 Å². The van der Waals surface area contributed by atoms with Gasteiger partial charge in [-0.2, -0.15) is 0 Å². The van der Waals surface area contributed by atoms with Crippen LogP contribution in [0.4, 0.5) is 0 Å². The molecular formula is C17H20N4OS. The number of carbonyl (C=O) groups is 1. The highest BCUT2D eigenvalue weighted by atomic mass is 32.1. The predicted molar refractivity (Wildman–Crippen MR) is 92.6 cm³/mol. The van der Waals surface area contributed by atoms with E-state index in [-0.39, 0.29) is 11.9 Å². The Kier molecular flexibility index (Phi) is 4.43. The summed E-state index contributed by atoms with van der Waals surface area (Å²) in [6.07, 6.45) is 4.41. The number of imidazole rings is 1. The SMILES string of the molecule is Cc1cnc(CCN(C)C(=O)[C@@H](C)n2cnc3ccccc32)s1. The molecule has 0 aliphatic heterocycles. The lowest BCUT2D eigenvalue weighted by atomic mass is 10.2. The Labute approximate surface area is 139 Å². The highest BCUT2D eigenvalue weighted by Crippen LogP contribution is 2.19. The third kappa shape index (κ3) is 3.27. The monoisotopic (exact) mass is 328 g/mol. The molecule has 0 saturated heterocycles. The van der Waals surface area contributed by atoms with Crippen molar-refractivity contribution in [1.82, 2.24) is 19.4 Å². The van der Waals surface area contributed by atoms with E-state index in [0.29, 0.717) is 6.54 Å². The smallest absolute Gasteiger partial charge is 0.245 e. The predicted octanol–water partition coefficient (Wildman–Crippen LogP) is 3.06. The van der Waals surface area contributed by atoms with Gasteiger partial charge in [0.2, 0.25) is 5.91 Å². The molecule has 6 heteroatoms. The summed E-state index contributed by atoms with van der Waals surface area (Å²) in [5.41, 5.74) is 1.89. The van der Waals surface area contributed by atoms with Crippen LogP contribution in [0.25, 0.3) is 11.0 Å². The van der Waals surface area contributed by atoms with Crippen molar-refractivity contribution in [3.8, 4) is 0 Å². The van der Waals surface area contributed by atoms with E-state index in [4.69, 9.17) is 0 Å². The van der Waals surface area contributed by atoms with Crippen molar-refractivity contribution in [2.45, 2.75) is 26.3 Å². The fraction of sp³-hybridized carbons (Fsp3) is 0.353. The number of fused-ring (bicyclic) bond motifs is 1. The van der Waals surface area contributed by atoms with Gasteiger partial charge in [-0.25, -0.2) is 9.97 Å². The Balaban J connectivity index is 1.69. The molecule has 0 fully saturated rings. The van der Waals surface area contributed by atoms with E-state index in [1.807, 2.05) is 55.9 Å². The van der Waals surface area contributed by atoms with Gasteiger partial charge in [0, 0.05) is 31.1 Å². The molecular weight excluding hydrogens is 308 g/mol. The van der Waals surface area contributed by atoms with Crippen LogP contribution < -0.4 is 0 Å². The number of benzene rings is 1. The molecule has 0 bridgehead atoms. The zero-order valence-electron chi connectivity index (χ0n) is 13.6. The van der Waals surface area contributed by atoms with Crippen molar-refractivity contribution in [3.05, 3.63) is 46.7 Å². The highest BCUT2D eigenvalue weighted by molar-refractivity contribution is 7.11. The number of hydrogen-bond donors (Lipinski definition) is 0. The minimum Gasteiger partial charge on any atom is -0.344 e. The quantitative estimate of drug-likeness (QED) is 0.723. The summed E-state index contributed by atoms with van der Waals surface area (Å²) in [5.74, 6) is 0.0847. The van der Waals surface area contributed by atoms with Crippen molar-refractivity contribution in [1.29, 1.82) is 0 Å². The van der Waals surface area contributed by atoms with E-state index < -0.39 is 0 Å². The maximum atomic E-state index is 12.7. The molecule has 3 aromatic rings. The Morgan fingerprint density at radius 2 is 2.13 bits per heavy atom. The molecule has 120 valence electrons. The number of carbonyl (C=O) groups excluding carboxylic acids is 1. The van der Waals surface area contributed by atoms with Crippen LogP contribution in [0.2, 0.25) is 0 Å². The lowest BCUT2D eigenvalue weighted by Crippen LogP contribution is -2.34. The van der Waals surface area contributed by atoms with Gasteiger partial charge in [-0.1, -0.05) is 12.1 Å². The summed E-state index contributed by atoms with van der Waals surface area (Å²) in [4.78, 5) is 24.4. The third-order valence-electron chi connectivity index (χ3n) is 3.96. The van der Waals surface area contributed by atoms with Gasteiger partial charge in [-0.05, 0) is 26.0 Å². The highest BCUT2D eigenvalue weighted by Gasteiger charge is 2.20. The van der Waals surface area contributed by atoms with Crippen LogP contribution in [-0.4, -0.2) is 38.9 Å². The molecule has 2 heterocycles. The number of para-hydroxylation sites is 2. The fourth-order valence-corrected chi connectivity index (χ4v) is 3.39. The van der Waals surface area contributed by atoms with E-state index in [1.165, 1.54) is 4.88 Å². The molecule has 0 spiro atoms. The minimum absolute atomic E-state index is 0.0847. The van der Waals surface area contributed by atoms with Gasteiger partial charge < -0.3 is 9.47 Å². The van der Waals surface area contributed by atoms with Crippen molar-refractivity contribution in [2.24, 2.45) is 0 Å². The van der Waals surface area contributed by atoms with Crippen molar-refractivity contribution < 1.29 is 4.79 Å². The van der Waals surface area contributed by atoms with E-state index in [2.05, 4.69) is 9.97 Å². The van der Waals surface area contributed by atoms with E-state index in [1.54, 1.807) is 22.6 Å². The summed E-state index contributed by atoms with van der Waals surface area (Å²) in [7, 11) is 1.85. The summed E-state index contributed by atoms with van der Waals surface area (Å²) in [6.45, 7) is 4.63. The van der Waals surface area contributed by atoms with Crippen molar-refractivity contribution >= 4 is 28.3 Å². The summed E-state index contributed by atoms with van der Waals surface area (Å²) < 4.78 is 1.93. The molecule has 3 rings (SSSR count). The average molecular weight is 328 g/mol. The molecule has 23 heavy (non-hydrogen) atoms. The molecule has 1 atom stereocenters. The first-order valence-corrected chi connectivity index (χ1v) is 8.46. The van der Waals surface area contributed by atoms with Crippen LogP contribution in [0.5, 0.6) is 0 Å². The molecule has 5 nitrogen and oxygen atoms in total. The number of likely N-dealkylation sites (N-methyl/N-ethyl adjacent to an activating group) is 1.